The summed E-state index contributed by atoms with van der Waals surface area (Å²) in [6.07, 6.45) is 0. The van der Waals surface area contributed by atoms with E-state index in [1.807, 2.05) is 12.1 Å². The zero-order chi connectivity index (χ0) is 46.8. The second kappa shape index (κ2) is 16.6. The van der Waals surface area contributed by atoms with E-state index in [0.29, 0.717) is 5.82 Å². The van der Waals surface area contributed by atoms with E-state index < -0.39 is 0 Å². The molecule has 14 rings (SSSR count). The highest BCUT2D eigenvalue weighted by Gasteiger charge is 2.25. The van der Waals surface area contributed by atoms with E-state index in [-0.39, 0.29) is 0 Å². The highest BCUT2D eigenvalue weighted by atomic mass is 15.0. The summed E-state index contributed by atoms with van der Waals surface area (Å²) in [5.74, 6) is 0.670. The van der Waals surface area contributed by atoms with Gasteiger partial charge in [-0.1, -0.05) is 206 Å². The summed E-state index contributed by atoms with van der Waals surface area (Å²) in [7, 11) is 0. The molecule has 71 heavy (non-hydrogen) atoms. The molecule has 0 saturated carbocycles. The minimum Gasteiger partial charge on any atom is -0.308 e. The molecule has 0 amide bonds. The molecule has 14 aromatic rings. The monoisotopic (exact) mass is 902 g/mol. The Labute approximate surface area is 410 Å². The molecule has 4 nitrogen and oxygen atoms in total. The average Bonchev–Trinajstić information content (AvgIpc) is 3.81. The number of aromatic nitrogens is 4. The van der Waals surface area contributed by atoms with Crippen molar-refractivity contribution in [3.63, 3.8) is 0 Å². The Bertz CT molecular complexity index is 4370. The molecule has 0 aliphatic carbocycles. The Morgan fingerprint density at radius 1 is 0.310 bits per heavy atom. The maximum absolute atomic E-state index is 5.72. The number of fused-ring (bicyclic) bond motifs is 9. The van der Waals surface area contributed by atoms with Crippen LogP contribution in [0, 0.1) is 0 Å². The molecule has 11 aromatic carbocycles. The summed E-state index contributed by atoms with van der Waals surface area (Å²) in [4.78, 5) is 16.2. The van der Waals surface area contributed by atoms with Gasteiger partial charge in [-0.3, -0.25) is 0 Å². The number of hydrogen-bond donors (Lipinski definition) is 0. The summed E-state index contributed by atoms with van der Waals surface area (Å²) >= 11 is 0. The molecule has 0 fully saturated rings. The van der Waals surface area contributed by atoms with Crippen molar-refractivity contribution in [2.45, 2.75) is 0 Å². The number of nitrogens with zero attached hydrogens (tertiary/aromatic N) is 4. The van der Waals surface area contributed by atoms with E-state index in [4.69, 9.17) is 15.0 Å². The molecule has 0 aliphatic rings. The molecule has 0 radical (unpaired) electrons. The molecular weight excluding hydrogens is 861 g/mol. The Morgan fingerprint density at radius 2 is 0.845 bits per heavy atom. The van der Waals surface area contributed by atoms with Gasteiger partial charge in [0.05, 0.1) is 33.6 Å². The quantitative estimate of drug-likeness (QED) is 0.150. The predicted molar refractivity (Wildman–Crippen MR) is 297 cm³/mol. The molecule has 330 valence electrons. The van der Waals surface area contributed by atoms with Crippen molar-refractivity contribution in [1.29, 1.82) is 0 Å². The Kier molecular flexibility index (Phi) is 9.49. The van der Waals surface area contributed by atoms with Crippen molar-refractivity contribution in [2.24, 2.45) is 0 Å². The third kappa shape index (κ3) is 6.80. The molecule has 0 aliphatic heterocycles. The van der Waals surface area contributed by atoms with Crippen LogP contribution in [0.5, 0.6) is 0 Å². The second-order valence-corrected chi connectivity index (χ2v) is 18.3. The van der Waals surface area contributed by atoms with Crippen molar-refractivity contribution in [3.05, 3.63) is 255 Å². The van der Waals surface area contributed by atoms with Crippen LogP contribution in [0.4, 0.5) is 0 Å². The largest absolute Gasteiger partial charge is 0.308 e. The van der Waals surface area contributed by atoms with Crippen LogP contribution in [0.3, 0.4) is 0 Å². The number of benzene rings is 11. The smallest absolute Gasteiger partial charge is 0.160 e. The fraction of sp³-hybridized carbons (Fsp3) is 0. The molecule has 0 bridgehead atoms. The van der Waals surface area contributed by atoms with Gasteiger partial charge in [0.25, 0.3) is 0 Å². The summed E-state index contributed by atoms with van der Waals surface area (Å²) in [6, 6.07) is 91.1. The third-order valence-electron chi connectivity index (χ3n) is 14.2. The van der Waals surface area contributed by atoms with Crippen LogP contribution in [-0.2, 0) is 0 Å². The number of rotatable bonds is 7. The van der Waals surface area contributed by atoms with Gasteiger partial charge in [-0.05, 0) is 103 Å². The lowest BCUT2D eigenvalue weighted by atomic mass is 9.86. The number of para-hydroxylation sites is 2. The van der Waals surface area contributed by atoms with Crippen LogP contribution >= 0.6 is 0 Å². The van der Waals surface area contributed by atoms with Crippen molar-refractivity contribution < 1.29 is 0 Å². The van der Waals surface area contributed by atoms with Crippen LogP contribution < -0.4 is 0 Å². The fourth-order valence-corrected chi connectivity index (χ4v) is 10.9. The summed E-state index contributed by atoms with van der Waals surface area (Å²) < 4.78 is 2.43. The van der Waals surface area contributed by atoms with Gasteiger partial charge in [-0.15, -0.1) is 0 Å². The molecule has 0 saturated heterocycles. The van der Waals surface area contributed by atoms with Gasteiger partial charge < -0.3 is 4.57 Å². The molecule has 4 heteroatoms. The summed E-state index contributed by atoms with van der Waals surface area (Å²) in [5, 5.41) is 10.6. The first-order valence-corrected chi connectivity index (χ1v) is 24.2. The molecule has 3 heterocycles. The molecule has 0 spiro atoms. The minimum atomic E-state index is 0.670. The molecule has 0 atom stereocenters. The number of hydrogen-bond acceptors (Lipinski definition) is 3. The Hall–Kier alpha value is -9.51. The van der Waals surface area contributed by atoms with Crippen LogP contribution in [0.2, 0.25) is 0 Å². The third-order valence-corrected chi connectivity index (χ3v) is 14.2. The van der Waals surface area contributed by atoms with Gasteiger partial charge in [-0.25, -0.2) is 15.0 Å². The lowest BCUT2D eigenvalue weighted by molar-refractivity contribution is 1.17. The molecule has 3 aromatic heterocycles. The normalized spacial score (nSPS) is 11.7. The summed E-state index contributed by atoms with van der Waals surface area (Å²) in [5.41, 5.74) is 15.7. The van der Waals surface area contributed by atoms with E-state index in [9.17, 15) is 0 Å². The van der Waals surface area contributed by atoms with Gasteiger partial charge in [-0.2, -0.15) is 0 Å². The van der Waals surface area contributed by atoms with Crippen molar-refractivity contribution >= 4 is 65.0 Å². The maximum Gasteiger partial charge on any atom is 0.160 e. The highest BCUT2D eigenvalue weighted by Crippen LogP contribution is 2.48. The number of pyridine rings is 1. The topological polar surface area (TPSA) is 43.6 Å². The van der Waals surface area contributed by atoms with Crippen molar-refractivity contribution in [2.75, 3.05) is 0 Å². The Balaban J connectivity index is 0.977. The van der Waals surface area contributed by atoms with Gasteiger partial charge in [0.2, 0.25) is 0 Å². The molecule has 0 N–H and O–H groups in total. The average molecular weight is 903 g/mol. The lowest BCUT2D eigenvalue weighted by Gasteiger charge is -2.18. The van der Waals surface area contributed by atoms with Crippen molar-refractivity contribution in [3.8, 4) is 73.1 Å². The van der Waals surface area contributed by atoms with Gasteiger partial charge in [0.15, 0.2) is 5.82 Å². The van der Waals surface area contributed by atoms with Crippen molar-refractivity contribution in [1.82, 2.24) is 19.5 Å². The summed E-state index contributed by atoms with van der Waals surface area (Å²) in [6.45, 7) is 0. The Morgan fingerprint density at radius 3 is 1.59 bits per heavy atom. The van der Waals surface area contributed by atoms with Crippen LogP contribution in [0.1, 0.15) is 0 Å². The van der Waals surface area contributed by atoms with Gasteiger partial charge >= 0.3 is 0 Å². The van der Waals surface area contributed by atoms with E-state index >= 15 is 0 Å². The zero-order valence-corrected chi connectivity index (χ0v) is 38.5. The SMILES string of the molecule is c1ccc(-c2ccc(-c3cc(-c4ccccc4)nc(-c4ccc(-n5c6ccccc6c6c(-c7c(-c8cc9ccccc9c9ccccc89)ccc8ccccc78)nc7ccccc7c65)cc4)n3)cc2)cc1. The molecular formula is C67H42N4. The van der Waals surface area contributed by atoms with Crippen LogP contribution in [0.15, 0.2) is 255 Å². The van der Waals surface area contributed by atoms with Gasteiger partial charge in [0, 0.05) is 44.1 Å². The fourth-order valence-electron chi connectivity index (χ4n) is 10.9. The van der Waals surface area contributed by atoms with E-state index in [2.05, 4.69) is 247 Å². The highest BCUT2D eigenvalue weighted by molar-refractivity contribution is 6.26. The first-order valence-electron chi connectivity index (χ1n) is 24.2. The first-order chi connectivity index (χ1) is 35.2. The first kappa shape index (κ1) is 40.5. The minimum absolute atomic E-state index is 0.670. The second-order valence-electron chi connectivity index (χ2n) is 18.3. The van der Waals surface area contributed by atoms with Gasteiger partial charge in [0.1, 0.15) is 0 Å². The van der Waals surface area contributed by atoms with Crippen LogP contribution in [0.25, 0.3) is 138 Å². The van der Waals surface area contributed by atoms with E-state index in [1.165, 1.54) is 43.6 Å². The van der Waals surface area contributed by atoms with Crippen LogP contribution in [-0.4, -0.2) is 19.5 Å². The predicted octanol–water partition coefficient (Wildman–Crippen LogP) is 17.6. The zero-order valence-electron chi connectivity index (χ0n) is 38.5. The standard InChI is InChI=1S/C67H42N4/c1-3-17-43(18-4-1)44-31-33-47(34-32-44)61-42-60(46-20-5-2-6-21-46)69-67(70-61)48-35-38-50(39-36-48)71-62-30-16-14-28-57(62)64-65(68-59-29-15-13-27-56(59)66(64)71)63-52-24-10-7-19-45(52)37-40-55(63)58-41-49-22-8-9-23-51(49)53-25-11-12-26-54(53)58/h1-42H. The van der Waals surface area contributed by atoms with E-state index in [1.54, 1.807) is 0 Å². The van der Waals surface area contributed by atoms with E-state index in [0.717, 1.165) is 88.7 Å². The maximum atomic E-state index is 5.72. The lowest BCUT2D eigenvalue weighted by Crippen LogP contribution is -1.98. The molecule has 0 unspecified atom stereocenters.